The first-order valence-corrected chi connectivity index (χ1v) is 4.51. The molecule has 0 aromatic heterocycles. The van der Waals surface area contributed by atoms with Crippen LogP contribution in [0.1, 0.15) is 26.2 Å². The zero-order valence-corrected chi connectivity index (χ0v) is 7.05. The molecule has 0 spiro atoms. The number of amides is 1. The van der Waals surface area contributed by atoms with E-state index in [0.717, 1.165) is 24.9 Å². The average molecular weight is 153 g/mol. The van der Waals surface area contributed by atoms with Crippen LogP contribution in [0.4, 0.5) is 0 Å². The van der Waals surface area contributed by atoms with Gasteiger partial charge in [-0.3, -0.25) is 4.79 Å². The Balaban J connectivity index is 2.02. The number of nitrogens with zero attached hydrogens (tertiary/aromatic N) is 1. The summed E-state index contributed by atoms with van der Waals surface area (Å²) in [4.78, 5) is 13.1. The van der Waals surface area contributed by atoms with Crippen molar-refractivity contribution in [3.63, 3.8) is 0 Å². The van der Waals surface area contributed by atoms with Crippen molar-refractivity contribution < 1.29 is 4.79 Å². The van der Waals surface area contributed by atoms with E-state index in [2.05, 4.69) is 0 Å². The molecule has 1 aliphatic heterocycles. The lowest BCUT2D eigenvalue weighted by atomic mass is 9.99. The Morgan fingerprint density at radius 3 is 2.27 bits per heavy atom. The van der Waals surface area contributed by atoms with Crippen LogP contribution in [0.25, 0.3) is 0 Å². The number of hydrogen-bond donors (Lipinski definition) is 0. The highest BCUT2D eigenvalue weighted by atomic mass is 16.2. The lowest BCUT2D eigenvalue weighted by Crippen LogP contribution is -2.39. The number of piperidine rings is 1. The molecule has 0 aromatic carbocycles. The highest BCUT2D eigenvalue weighted by Crippen LogP contribution is 2.36. The lowest BCUT2D eigenvalue weighted by Gasteiger charge is -2.30. The molecule has 2 aliphatic rings. The maximum Gasteiger partial charge on any atom is 0.219 e. The largest absolute Gasteiger partial charge is 0.342 e. The zero-order valence-electron chi connectivity index (χ0n) is 7.05. The van der Waals surface area contributed by atoms with E-state index in [4.69, 9.17) is 0 Å². The quantitative estimate of drug-likeness (QED) is 0.513. The van der Waals surface area contributed by atoms with Crippen molar-refractivity contribution in [1.29, 1.82) is 0 Å². The fourth-order valence-electron chi connectivity index (χ4n) is 2.47. The minimum Gasteiger partial charge on any atom is -0.342 e. The predicted octanol–water partition coefficient (Wildman–Crippen LogP) is 1.26. The molecule has 0 N–H and O–H groups in total. The van der Waals surface area contributed by atoms with Crippen LogP contribution in [0.2, 0.25) is 0 Å². The SMILES string of the molecule is CC(=O)N1CC2CCC(C2)C1. The molecule has 1 amide bonds. The topological polar surface area (TPSA) is 20.3 Å². The summed E-state index contributed by atoms with van der Waals surface area (Å²) in [5.41, 5.74) is 0. The summed E-state index contributed by atoms with van der Waals surface area (Å²) in [6.45, 7) is 3.75. The molecule has 0 radical (unpaired) electrons. The Labute approximate surface area is 67.6 Å². The number of likely N-dealkylation sites (tertiary alicyclic amines) is 1. The molecule has 1 heterocycles. The lowest BCUT2D eigenvalue weighted by molar-refractivity contribution is -0.130. The van der Waals surface area contributed by atoms with Crippen LogP contribution in [0.3, 0.4) is 0 Å². The van der Waals surface area contributed by atoms with E-state index in [1.54, 1.807) is 6.92 Å². The second kappa shape index (κ2) is 2.50. The van der Waals surface area contributed by atoms with E-state index in [1.165, 1.54) is 19.3 Å². The molecule has 2 unspecified atom stereocenters. The third kappa shape index (κ3) is 1.26. The second-order valence-electron chi connectivity index (χ2n) is 3.97. The van der Waals surface area contributed by atoms with Crippen LogP contribution in [0.5, 0.6) is 0 Å². The molecule has 2 heteroatoms. The van der Waals surface area contributed by atoms with Gasteiger partial charge in [-0.25, -0.2) is 0 Å². The van der Waals surface area contributed by atoms with Gasteiger partial charge in [-0.1, -0.05) is 0 Å². The first-order valence-electron chi connectivity index (χ1n) is 4.51. The Morgan fingerprint density at radius 2 is 1.82 bits per heavy atom. The normalized spacial score (nSPS) is 35.9. The Hall–Kier alpha value is -0.530. The fourth-order valence-corrected chi connectivity index (χ4v) is 2.47. The molecule has 2 bridgehead atoms. The van der Waals surface area contributed by atoms with Crippen LogP contribution < -0.4 is 0 Å². The first-order chi connectivity index (χ1) is 5.25. The molecular weight excluding hydrogens is 138 g/mol. The van der Waals surface area contributed by atoms with Crippen molar-refractivity contribution in [3.05, 3.63) is 0 Å². The van der Waals surface area contributed by atoms with Crippen molar-refractivity contribution in [2.45, 2.75) is 26.2 Å². The maximum atomic E-state index is 11.0. The van der Waals surface area contributed by atoms with Gasteiger partial charge in [-0.2, -0.15) is 0 Å². The van der Waals surface area contributed by atoms with Gasteiger partial charge in [-0.05, 0) is 31.1 Å². The van der Waals surface area contributed by atoms with Crippen molar-refractivity contribution in [3.8, 4) is 0 Å². The van der Waals surface area contributed by atoms with Crippen LogP contribution in [0, 0.1) is 11.8 Å². The molecule has 2 fully saturated rings. The summed E-state index contributed by atoms with van der Waals surface area (Å²) in [7, 11) is 0. The Morgan fingerprint density at radius 1 is 1.27 bits per heavy atom. The second-order valence-corrected chi connectivity index (χ2v) is 3.97. The summed E-state index contributed by atoms with van der Waals surface area (Å²) in [6, 6.07) is 0. The number of fused-ring (bicyclic) bond motifs is 2. The third-order valence-corrected chi connectivity index (χ3v) is 3.05. The van der Waals surface area contributed by atoms with E-state index in [9.17, 15) is 4.79 Å². The van der Waals surface area contributed by atoms with Crippen molar-refractivity contribution in [2.75, 3.05) is 13.1 Å². The molecule has 2 atom stereocenters. The van der Waals surface area contributed by atoms with Crippen molar-refractivity contribution in [2.24, 2.45) is 11.8 Å². The summed E-state index contributed by atoms with van der Waals surface area (Å²) in [5.74, 6) is 1.93. The highest BCUT2D eigenvalue weighted by Gasteiger charge is 2.33. The summed E-state index contributed by atoms with van der Waals surface area (Å²) in [5, 5.41) is 0. The van der Waals surface area contributed by atoms with Crippen LogP contribution >= 0.6 is 0 Å². The molecule has 2 nitrogen and oxygen atoms in total. The number of carbonyl (C=O) groups is 1. The standard InChI is InChI=1S/C9H15NO/c1-7(11)10-5-8-2-3-9(4-8)6-10/h8-9H,2-6H2,1H3. The van der Waals surface area contributed by atoms with Crippen LogP contribution in [0.15, 0.2) is 0 Å². The molecule has 11 heavy (non-hydrogen) atoms. The van der Waals surface area contributed by atoms with Gasteiger partial charge in [0, 0.05) is 20.0 Å². The van der Waals surface area contributed by atoms with Crippen molar-refractivity contribution >= 4 is 5.91 Å². The van der Waals surface area contributed by atoms with E-state index >= 15 is 0 Å². The van der Waals surface area contributed by atoms with Crippen molar-refractivity contribution in [1.82, 2.24) is 4.90 Å². The number of carbonyl (C=O) groups excluding carboxylic acids is 1. The summed E-state index contributed by atoms with van der Waals surface area (Å²) in [6.07, 6.45) is 4.09. The van der Waals surface area contributed by atoms with E-state index in [-0.39, 0.29) is 5.91 Å². The molecule has 1 saturated heterocycles. The van der Waals surface area contributed by atoms with Gasteiger partial charge >= 0.3 is 0 Å². The van der Waals surface area contributed by atoms with E-state index in [0.29, 0.717) is 0 Å². The average Bonchev–Trinajstić information content (AvgIpc) is 2.30. The molecule has 1 aliphatic carbocycles. The van der Waals surface area contributed by atoms with Gasteiger partial charge in [0.15, 0.2) is 0 Å². The van der Waals surface area contributed by atoms with Gasteiger partial charge in [-0.15, -0.1) is 0 Å². The third-order valence-electron chi connectivity index (χ3n) is 3.05. The molecule has 0 aromatic rings. The predicted molar refractivity (Wildman–Crippen MR) is 43.1 cm³/mol. The van der Waals surface area contributed by atoms with Gasteiger partial charge in [0.2, 0.25) is 5.91 Å². The number of hydrogen-bond acceptors (Lipinski definition) is 1. The summed E-state index contributed by atoms with van der Waals surface area (Å²) >= 11 is 0. The maximum absolute atomic E-state index is 11.0. The minimum atomic E-state index is 0.265. The van der Waals surface area contributed by atoms with Gasteiger partial charge in [0.1, 0.15) is 0 Å². The Kier molecular flexibility index (Phi) is 1.63. The van der Waals surface area contributed by atoms with Gasteiger partial charge < -0.3 is 4.90 Å². The van der Waals surface area contributed by atoms with Gasteiger partial charge in [0.05, 0.1) is 0 Å². The zero-order chi connectivity index (χ0) is 7.84. The smallest absolute Gasteiger partial charge is 0.219 e. The molecule has 62 valence electrons. The molecule has 2 rings (SSSR count). The van der Waals surface area contributed by atoms with E-state index < -0.39 is 0 Å². The summed E-state index contributed by atoms with van der Waals surface area (Å²) < 4.78 is 0. The Bertz CT molecular complexity index is 166. The fraction of sp³-hybridized carbons (Fsp3) is 0.889. The number of rotatable bonds is 0. The first kappa shape index (κ1) is 7.14. The highest BCUT2D eigenvalue weighted by molar-refractivity contribution is 5.73. The molecular formula is C9H15NO. The molecule has 1 saturated carbocycles. The van der Waals surface area contributed by atoms with Crippen LogP contribution in [-0.2, 0) is 4.79 Å². The van der Waals surface area contributed by atoms with Crippen LogP contribution in [-0.4, -0.2) is 23.9 Å². The minimum absolute atomic E-state index is 0.265. The van der Waals surface area contributed by atoms with E-state index in [1.807, 2.05) is 4.90 Å². The monoisotopic (exact) mass is 153 g/mol. The van der Waals surface area contributed by atoms with Gasteiger partial charge in [0.25, 0.3) is 0 Å².